The number of ether oxygens (including phenoxy) is 1. The number of amides is 1. The molecule has 0 aromatic heterocycles. The van der Waals surface area contributed by atoms with Crippen molar-refractivity contribution < 1.29 is 9.53 Å². The van der Waals surface area contributed by atoms with Crippen molar-refractivity contribution in [2.24, 2.45) is 23.5 Å². The third-order valence-corrected chi connectivity index (χ3v) is 4.06. The van der Waals surface area contributed by atoms with Crippen LogP contribution in [0, 0.1) is 17.8 Å². The van der Waals surface area contributed by atoms with Gasteiger partial charge in [0, 0.05) is 13.1 Å². The molecule has 0 aromatic rings. The standard InChI is InChI=1S/C15H30N2O2/c1-10(2)9-17(8-6-7-16)15(18)14-11(3)12(4)19-13(14)5/h10-14H,6-9,16H2,1-5H3. The van der Waals surface area contributed by atoms with Gasteiger partial charge in [-0.1, -0.05) is 20.8 Å². The molecule has 0 saturated carbocycles. The number of hydrogen-bond donors (Lipinski definition) is 1. The van der Waals surface area contributed by atoms with Crippen LogP contribution in [0.15, 0.2) is 0 Å². The van der Waals surface area contributed by atoms with Crippen LogP contribution in [0.4, 0.5) is 0 Å². The molecule has 0 aromatic carbocycles. The average Bonchev–Trinajstić information content (AvgIpc) is 2.57. The van der Waals surface area contributed by atoms with E-state index in [2.05, 4.69) is 27.7 Å². The van der Waals surface area contributed by atoms with E-state index < -0.39 is 0 Å². The van der Waals surface area contributed by atoms with E-state index in [0.717, 1.165) is 19.5 Å². The Kier molecular flexibility index (Phi) is 6.27. The van der Waals surface area contributed by atoms with E-state index in [4.69, 9.17) is 10.5 Å². The van der Waals surface area contributed by atoms with Crippen molar-refractivity contribution in [3.63, 3.8) is 0 Å². The van der Waals surface area contributed by atoms with Crippen LogP contribution < -0.4 is 5.73 Å². The second-order valence-corrected chi connectivity index (χ2v) is 6.25. The van der Waals surface area contributed by atoms with Gasteiger partial charge in [-0.25, -0.2) is 0 Å². The molecule has 4 unspecified atom stereocenters. The van der Waals surface area contributed by atoms with Crippen LogP contribution in [-0.2, 0) is 9.53 Å². The van der Waals surface area contributed by atoms with Gasteiger partial charge in [-0.3, -0.25) is 4.79 Å². The van der Waals surface area contributed by atoms with Gasteiger partial charge in [-0.2, -0.15) is 0 Å². The molecule has 0 aliphatic carbocycles. The molecule has 1 heterocycles. The smallest absolute Gasteiger partial charge is 0.228 e. The Hall–Kier alpha value is -0.610. The molecule has 1 saturated heterocycles. The highest BCUT2D eigenvalue weighted by Gasteiger charge is 2.43. The number of nitrogens with two attached hydrogens (primary N) is 1. The van der Waals surface area contributed by atoms with Crippen molar-refractivity contribution in [1.82, 2.24) is 4.90 Å². The predicted molar refractivity (Wildman–Crippen MR) is 77.8 cm³/mol. The summed E-state index contributed by atoms with van der Waals surface area (Å²) >= 11 is 0. The average molecular weight is 270 g/mol. The van der Waals surface area contributed by atoms with Crippen molar-refractivity contribution >= 4 is 5.91 Å². The molecule has 1 aliphatic heterocycles. The summed E-state index contributed by atoms with van der Waals surface area (Å²) < 4.78 is 5.79. The van der Waals surface area contributed by atoms with Gasteiger partial charge in [0.15, 0.2) is 0 Å². The predicted octanol–water partition coefficient (Wildman–Crippen LogP) is 1.88. The number of carbonyl (C=O) groups excluding carboxylic acids is 1. The maximum atomic E-state index is 12.8. The fourth-order valence-electron chi connectivity index (χ4n) is 2.92. The Morgan fingerprint density at radius 3 is 2.32 bits per heavy atom. The molecular formula is C15H30N2O2. The van der Waals surface area contributed by atoms with Crippen LogP contribution in [0.2, 0.25) is 0 Å². The van der Waals surface area contributed by atoms with Crippen molar-refractivity contribution in [2.75, 3.05) is 19.6 Å². The van der Waals surface area contributed by atoms with Crippen molar-refractivity contribution in [3.8, 4) is 0 Å². The molecule has 1 fully saturated rings. The van der Waals surface area contributed by atoms with E-state index in [1.54, 1.807) is 0 Å². The van der Waals surface area contributed by atoms with Gasteiger partial charge in [0.25, 0.3) is 0 Å². The van der Waals surface area contributed by atoms with Gasteiger partial charge in [-0.05, 0) is 38.6 Å². The van der Waals surface area contributed by atoms with Gasteiger partial charge >= 0.3 is 0 Å². The summed E-state index contributed by atoms with van der Waals surface area (Å²) in [6.45, 7) is 12.7. The molecule has 4 nitrogen and oxygen atoms in total. The van der Waals surface area contributed by atoms with E-state index in [0.29, 0.717) is 12.5 Å². The van der Waals surface area contributed by atoms with E-state index in [9.17, 15) is 4.79 Å². The summed E-state index contributed by atoms with van der Waals surface area (Å²) in [5, 5.41) is 0. The van der Waals surface area contributed by atoms with Crippen LogP contribution in [0.5, 0.6) is 0 Å². The zero-order chi connectivity index (χ0) is 14.6. The number of rotatable bonds is 6. The number of nitrogens with zero attached hydrogens (tertiary/aromatic N) is 1. The minimum absolute atomic E-state index is 0.00785. The maximum absolute atomic E-state index is 12.8. The third-order valence-electron chi connectivity index (χ3n) is 4.06. The van der Waals surface area contributed by atoms with Crippen LogP contribution in [-0.4, -0.2) is 42.6 Å². The molecule has 19 heavy (non-hydrogen) atoms. The highest BCUT2D eigenvalue weighted by Crippen LogP contribution is 2.33. The Morgan fingerprint density at radius 2 is 1.89 bits per heavy atom. The summed E-state index contributed by atoms with van der Waals surface area (Å²) in [6.07, 6.45) is 1.05. The monoisotopic (exact) mass is 270 g/mol. The van der Waals surface area contributed by atoms with Gasteiger partial charge in [0.1, 0.15) is 0 Å². The SMILES string of the molecule is CC(C)CN(CCCN)C(=O)C1C(C)OC(C)C1C. The van der Waals surface area contributed by atoms with Crippen LogP contribution in [0.3, 0.4) is 0 Å². The molecule has 2 N–H and O–H groups in total. The summed E-state index contributed by atoms with van der Waals surface area (Å²) in [5.74, 6) is 1.00. The molecule has 0 spiro atoms. The maximum Gasteiger partial charge on any atom is 0.228 e. The second kappa shape index (κ2) is 7.25. The largest absolute Gasteiger partial charge is 0.374 e. The van der Waals surface area contributed by atoms with E-state index >= 15 is 0 Å². The van der Waals surface area contributed by atoms with E-state index in [1.165, 1.54) is 0 Å². The summed E-state index contributed by atoms with van der Waals surface area (Å²) in [6, 6.07) is 0. The quantitative estimate of drug-likeness (QED) is 0.802. The molecule has 0 radical (unpaired) electrons. The summed E-state index contributed by atoms with van der Waals surface area (Å²) in [5.41, 5.74) is 5.58. The first-order chi connectivity index (χ1) is 8.88. The minimum Gasteiger partial charge on any atom is -0.374 e. The van der Waals surface area contributed by atoms with Crippen molar-refractivity contribution in [3.05, 3.63) is 0 Å². The zero-order valence-corrected chi connectivity index (χ0v) is 13.1. The number of carbonyl (C=O) groups is 1. The Morgan fingerprint density at radius 1 is 1.26 bits per heavy atom. The lowest BCUT2D eigenvalue weighted by molar-refractivity contribution is -0.138. The molecule has 112 valence electrons. The fourth-order valence-corrected chi connectivity index (χ4v) is 2.92. The molecule has 4 heteroatoms. The van der Waals surface area contributed by atoms with Crippen LogP contribution in [0.1, 0.15) is 41.0 Å². The zero-order valence-electron chi connectivity index (χ0n) is 13.1. The Balaban J connectivity index is 2.74. The third kappa shape index (κ3) is 4.18. The van der Waals surface area contributed by atoms with E-state index in [1.807, 2.05) is 11.8 Å². The first kappa shape index (κ1) is 16.4. The highest BCUT2D eigenvalue weighted by atomic mass is 16.5. The molecule has 0 bridgehead atoms. The van der Waals surface area contributed by atoms with Crippen LogP contribution in [0.25, 0.3) is 0 Å². The first-order valence-electron chi connectivity index (χ1n) is 7.52. The van der Waals surface area contributed by atoms with Gasteiger partial charge in [0.05, 0.1) is 18.1 Å². The second-order valence-electron chi connectivity index (χ2n) is 6.25. The normalized spacial score (nSPS) is 30.9. The highest BCUT2D eigenvalue weighted by molar-refractivity contribution is 5.80. The lowest BCUT2D eigenvalue weighted by Crippen LogP contribution is -2.43. The van der Waals surface area contributed by atoms with Crippen molar-refractivity contribution in [1.29, 1.82) is 0 Å². The molecule has 1 rings (SSSR count). The molecule has 1 aliphatic rings. The lowest BCUT2D eigenvalue weighted by atomic mass is 9.88. The van der Waals surface area contributed by atoms with Crippen LogP contribution >= 0.6 is 0 Å². The Bertz CT molecular complexity index is 294. The number of hydrogen-bond acceptors (Lipinski definition) is 3. The molecule has 4 atom stereocenters. The fraction of sp³-hybridized carbons (Fsp3) is 0.933. The molecular weight excluding hydrogens is 240 g/mol. The lowest BCUT2D eigenvalue weighted by Gasteiger charge is -2.29. The first-order valence-corrected chi connectivity index (χ1v) is 7.52. The summed E-state index contributed by atoms with van der Waals surface area (Å²) in [7, 11) is 0. The van der Waals surface area contributed by atoms with E-state index in [-0.39, 0.29) is 30.0 Å². The van der Waals surface area contributed by atoms with Gasteiger partial charge < -0.3 is 15.4 Å². The van der Waals surface area contributed by atoms with Crippen molar-refractivity contribution in [2.45, 2.75) is 53.2 Å². The topological polar surface area (TPSA) is 55.6 Å². The minimum atomic E-state index is -0.00785. The summed E-state index contributed by atoms with van der Waals surface area (Å²) in [4.78, 5) is 14.7. The Labute approximate surface area is 117 Å². The van der Waals surface area contributed by atoms with Gasteiger partial charge in [-0.15, -0.1) is 0 Å². The molecule has 1 amide bonds. The van der Waals surface area contributed by atoms with Gasteiger partial charge in [0.2, 0.25) is 5.91 Å².